The Bertz CT molecular complexity index is 631. The number of carbonyl (C=O) groups is 1. The fourth-order valence-electron chi connectivity index (χ4n) is 1.90. The number of nitrogens with two attached hydrogens (primary N) is 1. The highest BCUT2D eigenvalue weighted by Crippen LogP contribution is 2.26. The minimum absolute atomic E-state index is 0.0664. The topological polar surface area (TPSA) is 68.5 Å². The van der Waals surface area contributed by atoms with Gasteiger partial charge in [0.15, 0.2) is 0 Å². The molecule has 0 atom stereocenters. The average Bonchev–Trinajstić information content (AvgIpc) is 2.91. The summed E-state index contributed by atoms with van der Waals surface area (Å²) in [5, 5.41) is 1.89. The molecule has 1 heterocycles. The lowest BCUT2D eigenvalue weighted by Gasteiger charge is -2.20. The molecule has 0 aliphatic carbocycles. The monoisotopic (exact) mass is 309 g/mol. The average molecular weight is 309 g/mol. The van der Waals surface area contributed by atoms with Crippen LogP contribution < -0.4 is 10.6 Å². The second kappa shape index (κ2) is 6.53. The van der Waals surface area contributed by atoms with Crippen molar-refractivity contribution in [3.8, 4) is 0 Å². The van der Waals surface area contributed by atoms with Crippen LogP contribution in [0.2, 0.25) is 0 Å². The molecule has 2 rings (SSSR count). The van der Waals surface area contributed by atoms with Gasteiger partial charge in [-0.05, 0) is 19.1 Å². The van der Waals surface area contributed by atoms with Gasteiger partial charge in [0.2, 0.25) is 0 Å². The van der Waals surface area contributed by atoms with E-state index >= 15 is 0 Å². The summed E-state index contributed by atoms with van der Waals surface area (Å²) < 4.78 is 19.0. The molecule has 0 radical (unpaired) electrons. The zero-order valence-corrected chi connectivity index (χ0v) is 12.6. The van der Waals surface area contributed by atoms with E-state index in [-0.39, 0.29) is 23.5 Å². The third kappa shape index (κ3) is 3.49. The van der Waals surface area contributed by atoms with Crippen molar-refractivity contribution in [2.75, 3.05) is 24.3 Å². The zero-order chi connectivity index (χ0) is 15.4. The molecule has 0 saturated carbocycles. The minimum Gasteiger partial charge on any atom is -0.462 e. The summed E-state index contributed by atoms with van der Waals surface area (Å²) in [7, 11) is 1.73. The van der Waals surface area contributed by atoms with Crippen LogP contribution in [-0.2, 0) is 11.3 Å². The van der Waals surface area contributed by atoms with Crippen molar-refractivity contribution in [3.63, 3.8) is 0 Å². The van der Waals surface area contributed by atoms with E-state index in [0.29, 0.717) is 6.54 Å². The molecule has 0 bridgehead atoms. The van der Waals surface area contributed by atoms with Crippen molar-refractivity contribution in [3.05, 3.63) is 40.1 Å². The summed E-state index contributed by atoms with van der Waals surface area (Å²) >= 11 is 1.47. The number of halogens is 1. The fourth-order valence-corrected chi connectivity index (χ4v) is 2.45. The van der Waals surface area contributed by atoms with Crippen molar-refractivity contribution < 1.29 is 13.9 Å². The van der Waals surface area contributed by atoms with Gasteiger partial charge in [0.25, 0.3) is 0 Å². The second-order valence-corrected chi connectivity index (χ2v) is 5.17. The van der Waals surface area contributed by atoms with Gasteiger partial charge < -0.3 is 15.4 Å². The predicted octanol–water partition coefficient (Wildman–Crippen LogP) is 2.68. The van der Waals surface area contributed by atoms with Gasteiger partial charge in [-0.3, -0.25) is 0 Å². The first kappa shape index (κ1) is 15.2. The zero-order valence-electron chi connectivity index (χ0n) is 11.8. The molecule has 5 nitrogen and oxygen atoms in total. The number of hydrogen-bond acceptors (Lipinski definition) is 6. The minimum atomic E-state index is -0.557. The number of aromatic nitrogens is 1. The molecule has 2 N–H and O–H groups in total. The van der Waals surface area contributed by atoms with E-state index < -0.39 is 11.8 Å². The summed E-state index contributed by atoms with van der Waals surface area (Å²) in [5.41, 5.74) is 8.74. The summed E-state index contributed by atoms with van der Waals surface area (Å²) in [5.74, 6) is -1.04. The Morgan fingerprint density at radius 3 is 2.90 bits per heavy atom. The van der Waals surface area contributed by atoms with E-state index in [4.69, 9.17) is 10.5 Å². The third-order valence-electron chi connectivity index (χ3n) is 2.91. The number of nitrogen functional groups attached to an aromatic ring is 1. The van der Waals surface area contributed by atoms with Gasteiger partial charge in [-0.25, -0.2) is 14.2 Å². The number of ether oxygens (including phenoxy) is 1. The molecule has 0 spiro atoms. The fraction of sp³-hybridized carbons (Fsp3) is 0.286. The van der Waals surface area contributed by atoms with E-state index in [2.05, 4.69) is 4.98 Å². The molecule has 1 aromatic carbocycles. The van der Waals surface area contributed by atoms with Gasteiger partial charge in [-0.2, -0.15) is 0 Å². The van der Waals surface area contributed by atoms with E-state index in [1.807, 2.05) is 5.38 Å². The first-order chi connectivity index (χ1) is 10.0. The molecule has 2 aromatic rings. The molecule has 1 aromatic heterocycles. The second-order valence-electron chi connectivity index (χ2n) is 4.45. The summed E-state index contributed by atoms with van der Waals surface area (Å²) in [6.07, 6.45) is 0. The van der Waals surface area contributed by atoms with Gasteiger partial charge in [0.05, 0.1) is 35.6 Å². The van der Waals surface area contributed by atoms with E-state index in [1.165, 1.54) is 17.4 Å². The van der Waals surface area contributed by atoms with Crippen LogP contribution >= 0.6 is 11.3 Å². The van der Waals surface area contributed by atoms with E-state index in [0.717, 1.165) is 11.8 Å². The number of nitrogens with zero attached hydrogens (tertiary/aromatic N) is 2. The molecular formula is C14H16FN3O2S. The van der Waals surface area contributed by atoms with Gasteiger partial charge in [-0.1, -0.05) is 0 Å². The SMILES string of the molecule is CCOC(=O)c1cc(N(C)Cc2cscn2)c(F)cc1N. The summed E-state index contributed by atoms with van der Waals surface area (Å²) in [6.45, 7) is 2.37. The normalized spacial score (nSPS) is 10.4. The van der Waals surface area contributed by atoms with E-state index in [9.17, 15) is 9.18 Å². The van der Waals surface area contributed by atoms with Crippen molar-refractivity contribution in [2.45, 2.75) is 13.5 Å². The van der Waals surface area contributed by atoms with Crippen LogP contribution in [0.25, 0.3) is 0 Å². The maximum atomic E-state index is 14.1. The van der Waals surface area contributed by atoms with Crippen LogP contribution in [0.4, 0.5) is 15.8 Å². The number of benzene rings is 1. The van der Waals surface area contributed by atoms with Gasteiger partial charge in [-0.15, -0.1) is 11.3 Å². The highest BCUT2D eigenvalue weighted by molar-refractivity contribution is 7.07. The Balaban J connectivity index is 2.30. The smallest absolute Gasteiger partial charge is 0.340 e. The number of rotatable bonds is 5. The maximum absolute atomic E-state index is 14.1. The van der Waals surface area contributed by atoms with Crippen LogP contribution in [0.15, 0.2) is 23.0 Å². The molecule has 0 saturated heterocycles. The molecule has 7 heteroatoms. The lowest BCUT2D eigenvalue weighted by molar-refractivity contribution is 0.0527. The number of carbonyl (C=O) groups excluding carboxylic acids is 1. The van der Waals surface area contributed by atoms with E-state index in [1.54, 1.807) is 24.4 Å². The molecule has 0 aliphatic heterocycles. The summed E-state index contributed by atoms with van der Waals surface area (Å²) in [4.78, 5) is 17.6. The maximum Gasteiger partial charge on any atom is 0.340 e. The van der Waals surface area contributed by atoms with Crippen LogP contribution in [0.1, 0.15) is 23.0 Å². The molecule has 0 aliphatic rings. The van der Waals surface area contributed by atoms with Gasteiger partial charge in [0, 0.05) is 18.1 Å². The molecule has 21 heavy (non-hydrogen) atoms. The summed E-state index contributed by atoms with van der Waals surface area (Å²) in [6, 6.07) is 2.55. The van der Waals surface area contributed by atoms with Crippen molar-refractivity contribution in [1.82, 2.24) is 4.98 Å². The van der Waals surface area contributed by atoms with Crippen molar-refractivity contribution in [1.29, 1.82) is 0 Å². The number of anilines is 2. The quantitative estimate of drug-likeness (QED) is 0.679. The highest BCUT2D eigenvalue weighted by atomic mass is 32.1. The number of esters is 1. The Hall–Kier alpha value is -2.15. The lowest BCUT2D eigenvalue weighted by atomic mass is 10.1. The largest absolute Gasteiger partial charge is 0.462 e. The highest BCUT2D eigenvalue weighted by Gasteiger charge is 2.17. The Morgan fingerprint density at radius 2 is 2.29 bits per heavy atom. The van der Waals surface area contributed by atoms with Gasteiger partial charge >= 0.3 is 5.97 Å². The molecule has 112 valence electrons. The van der Waals surface area contributed by atoms with Crippen LogP contribution in [0.5, 0.6) is 0 Å². The number of hydrogen-bond donors (Lipinski definition) is 1. The third-order valence-corrected chi connectivity index (χ3v) is 3.54. The molecule has 0 fully saturated rings. The van der Waals surface area contributed by atoms with Crippen LogP contribution in [0.3, 0.4) is 0 Å². The van der Waals surface area contributed by atoms with Crippen molar-refractivity contribution >= 4 is 28.7 Å². The standard InChI is InChI=1S/C14H16FN3O2S/c1-3-20-14(19)10-4-13(11(15)5-12(10)16)18(2)6-9-7-21-8-17-9/h4-5,7-8H,3,6,16H2,1-2H3. The lowest BCUT2D eigenvalue weighted by Crippen LogP contribution is -2.19. The van der Waals surface area contributed by atoms with Crippen molar-refractivity contribution in [2.24, 2.45) is 0 Å². The van der Waals surface area contributed by atoms with Crippen LogP contribution in [-0.4, -0.2) is 24.6 Å². The molecular weight excluding hydrogens is 293 g/mol. The first-order valence-corrected chi connectivity index (χ1v) is 7.31. The van der Waals surface area contributed by atoms with Crippen LogP contribution in [0, 0.1) is 5.82 Å². The Kier molecular flexibility index (Phi) is 4.74. The predicted molar refractivity (Wildman–Crippen MR) is 81.0 cm³/mol. The Morgan fingerprint density at radius 1 is 1.52 bits per heavy atom. The number of thiazole rings is 1. The first-order valence-electron chi connectivity index (χ1n) is 6.37. The molecule has 0 unspecified atom stereocenters. The molecule has 0 amide bonds. The van der Waals surface area contributed by atoms with Gasteiger partial charge in [0.1, 0.15) is 5.82 Å². The Labute approximate surface area is 126 Å².